The Bertz CT molecular complexity index is 1220. The minimum absolute atomic E-state index is 0.0310. The molecule has 0 amide bonds. The molecule has 33 heavy (non-hydrogen) atoms. The minimum Gasteiger partial charge on any atom is -0.493 e. The molecule has 170 valence electrons. The molecule has 0 saturated heterocycles. The summed E-state index contributed by atoms with van der Waals surface area (Å²) in [5.41, 5.74) is 2.65. The van der Waals surface area contributed by atoms with Gasteiger partial charge in [0.1, 0.15) is 12.4 Å². The summed E-state index contributed by atoms with van der Waals surface area (Å²) in [6, 6.07) is 20.7. The smallest absolute Gasteiger partial charge is 0.307 e. The molecule has 0 fully saturated rings. The number of hydrogen-bond donors (Lipinski definition) is 2. The van der Waals surface area contributed by atoms with Gasteiger partial charge in [-0.1, -0.05) is 35.9 Å². The van der Waals surface area contributed by atoms with Crippen LogP contribution in [0.3, 0.4) is 0 Å². The third-order valence-corrected chi connectivity index (χ3v) is 5.30. The molecule has 0 atom stereocenters. The molecule has 2 N–H and O–H groups in total. The number of ether oxygens (including phenoxy) is 3. The summed E-state index contributed by atoms with van der Waals surface area (Å²) in [6.45, 7) is 1.36. The number of fused-ring (bicyclic) bond motifs is 1. The number of aromatic amines is 1. The molecule has 0 unspecified atom stereocenters. The fourth-order valence-electron chi connectivity index (χ4n) is 3.42. The van der Waals surface area contributed by atoms with Gasteiger partial charge in [-0.2, -0.15) is 0 Å². The van der Waals surface area contributed by atoms with Crippen molar-refractivity contribution in [2.45, 2.75) is 19.4 Å². The lowest BCUT2D eigenvalue weighted by atomic mass is 10.1. The second-order valence-corrected chi connectivity index (χ2v) is 7.94. The van der Waals surface area contributed by atoms with Crippen LogP contribution < -0.4 is 14.2 Å². The van der Waals surface area contributed by atoms with Gasteiger partial charge in [0.15, 0.2) is 11.5 Å². The lowest BCUT2D eigenvalue weighted by molar-refractivity contribution is -0.136. The molecule has 0 bridgehead atoms. The average Bonchev–Trinajstić information content (AvgIpc) is 3.20. The number of rotatable bonds is 11. The van der Waals surface area contributed by atoms with E-state index in [1.807, 2.05) is 66.7 Å². The summed E-state index contributed by atoms with van der Waals surface area (Å²) in [7, 11) is 0. The van der Waals surface area contributed by atoms with Crippen molar-refractivity contribution in [2.75, 3.05) is 13.2 Å². The number of aromatic nitrogens is 1. The zero-order valence-corrected chi connectivity index (χ0v) is 18.7. The monoisotopic (exact) mass is 465 g/mol. The molecule has 4 aromatic rings. The molecule has 0 spiro atoms. The Morgan fingerprint density at radius 1 is 0.909 bits per heavy atom. The van der Waals surface area contributed by atoms with Gasteiger partial charge < -0.3 is 24.3 Å². The molecule has 0 radical (unpaired) electrons. The van der Waals surface area contributed by atoms with Crippen molar-refractivity contribution in [3.63, 3.8) is 0 Å². The Labute approximate surface area is 196 Å². The normalized spacial score (nSPS) is 10.8. The van der Waals surface area contributed by atoms with E-state index < -0.39 is 5.97 Å². The number of aliphatic carboxylic acids is 1. The zero-order chi connectivity index (χ0) is 23.0. The van der Waals surface area contributed by atoms with Crippen LogP contribution in [0.1, 0.15) is 17.5 Å². The topological polar surface area (TPSA) is 80.8 Å². The van der Waals surface area contributed by atoms with Gasteiger partial charge in [0.25, 0.3) is 0 Å². The molecule has 0 aliphatic heterocycles. The second-order valence-electron chi connectivity index (χ2n) is 7.50. The highest BCUT2D eigenvalue weighted by atomic mass is 35.5. The fourth-order valence-corrected chi connectivity index (χ4v) is 3.54. The summed E-state index contributed by atoms with van der Waals surface area (Å²) < 4.78 is 17.7. The molecule has 1 heterocycles. The summed E-state index contributed by atoms with van der Waals surface area (Å²) >= 11 is 5.93. The maximum Gasteiger partial charge on any atom is 0.307 e. The molecule has 6 nitrogen and oxygen atoms in total. The van der Waals surface area contributed by atoms with E-state index in [1.54, 1.807) is 6.20 Å². The lowest BCUT2D eigenvalue weighted by Crippen LogP contribution is -2.06. The zero-order valence-electron chi connectivity index (χ0n) is 17.9. The second kappa shape index (κ2) is 10.8. The molecule has 4 rings (SSSR count). The number of nitrogens with one attached hydrogen (secondary N) is 1. The quantitative estimate of drug-likeness (QED) is 0.270. The van der Waals surface area contributed by atoms with Crippen molar-refractivity contribution in [1.82, 2.24) is 4.98 Å². The highest BCUT2D eigenvalue weighted by Crippen LogP contribution is 2.28. The van der Waals surface area contributed by atoms with E-state index in [1.165, 1.54) is 0 Å². The van der Waals surface area contributed by atoms with Crippen molar-refractivity contribution in [1.29, 1.82) is 0 Å². The van der Waals surface area contributed by atoms with Crippen molar-refractivity contribution in [2.24, 2.45) is 0 Å². The summed E-state index contributed by atoms with van der Waals surface area (Å²) in [5, 5.41) is 10.6. The van der Waals surface area contributed by atoms with Crippen LogP contribution in [0, 0.1) is 0 Å². The third-order valence-electron chi connectivity index (χ3n) is 5.05. The molecular formula is C26H24ClNO5. The maximum absolute atomic E-state index is 11.0. The van der Waals surface area contributed by atoms with Crippen molar-refractivity contribution in [3.05, 3.63) is 89.1 Å². The van der Waals surface area contributed by atoms with Crippen molar-refractivity contribution >= 4 is 28.5 Å². The molecule has 0 saturated carbocycles. The fraction of sp³-hybridized carbons (Fsp3) is 0.192. The number of carboxylic acid groups (broad SMARTS) is 1. The van der Waals surface area contributed by atoms with Crippen LogP contribution in [0.4, 0.5) is 0 Å². The van der Waals surface area contributed by atoms with Gasteiger partial charge in [-0.05, 0) is 53.6 Å². The molecule has 7 heteroatoms. The summed E-state index contributed by atoms with van der Waals surface area (Å²) in [6.07, 6.45) is 2.37. The maximum atomic E-state index is 11.0. The Kier molecular flexibility index (Phi) is 7.37. The largest absolute Gasteiger partial charge is 0.493 e. The van der Waals surface area contributed by atoms with Crippen LogP contribution in [-0.2, 0) is 17.8 Å². The van der Waals surface area contributed by atoms with Crippen LogP contribution >= 0.6 is 11.6 Å². The Hall–Kier alpha value is -3.64. The molecule has 1 aromatic heterocycles. The van der Waals surface area contributed by atoms with Crippen LogP contribution in [0.2, 0.25) is 5.02 Å². The summed E-state index contributed by atoms with van der Waals surface area (Å²) in [5.74, 6) is 1.19. The molecule has 3 aromatic carbocycles. The van der Waals surface area contributed by atoms with E-state index in [0.29, 0.717) is 48.5 Å². The van der Waals surface area contributed by atoms with Gasteiger partial charge in [-0.25, -0.2) is 0 Å². The Balaban J connectivity index is 1.26. The van der Waals surface area contributed by atoms with E-state index in [4.69, 9.17) is 30.9 Å². The van der Waals surface area contributed by atoms with E-state index in [-0.39, 0.29) is 6.42 Å². The molecule has 0 aliphatic rings. The SMILES string of the molecule is O=C(O)Cc1c[nH]c2ccc(OCCCOc3ccccc3OCc3ccc(Cl)cc3)cc12. The summed E-state index contributed by atoms with van der Waals surface area (Å²) in [4.78, 5) is 14.1. The third kappa shape index (κ3) is 6.20. The van der Waals surface area contributed by atoms with Crippen LogP contribution in [-0.4, -0.2) is 29.3 Å². The van der Waals surface area contributed by atoms with Gasteiger partial charge in [0, 0.05) is 28.5 Å². The van der Waals surface area contributed by atoms with Gasteiger partial charge in [0.2, 0.25) is 0 Å². The number of halogens is 1. The first-order chi connectivity index (χ1) is 16.1. The van der Waals surface area contributed by atoms with Gasteiger partial charge in [0.05, 0.1) is 19.6 Å². The van der Waals surface area contributed by atoms with Crippen LogP contribution in [0.5, 0.6) is 17.2 Å². The van der Waals surface area contributed by atoms with Gasteiger partial charge in [-0.15, -0.1) is 0 Å². The number of benzene rings is 3. The van der Waals surface area contributed by atoms with Crippen molar-refractivity contribution in [3.8, 4) is 17.2 Å². The van der Waals surface area contributed by atoms with Gasteiger partial charge >= 0.3 is 5.97 Å². The van der Waals surface area contributed by atoms with E-state index in [0.717, 1.165) is 22.0 Å². The number of carboxylic acids is 1. The first kappa shape index (κ1) is 22.6. The van der Waals surface area contributed by atoms with E-state index in [2.05, 4.69) is 4.98 Å². The number of hydrogen-bond acceptors (Lipinski definition) is 4. The number of para-hydroxylation sites is 2. The van der Waals surface area contributed by atoms with Gasteiger partial charge in [-0.3, -0.25) is 4.79 Å². The average molecular weight is 466 g/mol. The number of carbonyl (C=O) groups is 1. The highest BCUT2D eigenvalue weighted by molar-refractivity contribution is 6.30. The standard InChI is InChI=1S/C26H24ClNO5/c27-20-8-6-18(7-9-20)17-33-25-5-2-1-4-24(25)32-13-3-12-31-21-10-11-23-22(15-21)19(16-28-23)14-26(29)30/h1-2,4-11,15-16,28H,3,12-14,17H2,(H,29,30). The highest BCUT2D eigenvalue weighted by Gasteiger charge is 2.09. The first-order valence-electron chi connectivity index (χ1n) is 10.6. The Morgan fingerprint density at radius 3 is 2.39 bits per heavy atom. The van der Waals surface area contributed by atoms with E-state index in [9.17, 15) is 4.79 Å². The van der Waals surface area contributed by atoms with Crippen molar-refractivity contribution < 1.29 is 24.1 Å². The lowest BCUT2D eigenvalue weighted by Gasteiger charge is -2.13. The number of H-pyrrole nitrogens is 1. The van der Waals surface area contributed by atoms with E-state index >= 15 is 0 Å². The molecular weight excluding hydrogens is 442 g/mol. The van der Waals surface area contributed by atoms with Crippen LogP contribution in [0.15, 0.2) is 72.9 Å². The first-order valence-corrected chi connectivity index (χ1v) is 11.0. The predicted molar refractivity (Wildman–Crippen MR) is 127 cm³/mol. The molecule has 0 aliphatic carbocycles. The minimum atomic E-state index is -0.864. The van der Waals surface area contributed by atoms with Crippen LogP contribution in [0.25, 0.3) is 10.9 Å². The Morgan fingerprint density at radius 2 is 1.64 bits per heavy atom. The predicted octanol–water partition coefficient (Wildman–Crippen LogP) is 5.88.